The van der Waals surface area contributed by atoms with E-state index in [1.807, 2.05) is 0 Å². The fraction of sp³-hybridized carbons (Fsp3) is 0.176. The van der Waals surface area contributed by atoms with Gasteiger partial charge in [-0.05, 0) is 31.2 Å². The fourth-order valence-corrected chi connectivity index (χ4v) is 2.42. The molecular weight excluding hydrogens is 296 g/mol. The number of nitrogens with zero attached hydrogens (tertiary/aromatic N) is 1. The van der Waals surface area contributed by atoms with E-state index in [2.05, 4.69) is 5.32 Å². The van der Waals surface area contributed by atoms with Gasteiger partial charge in [0.25, 0.3) is 0 Å². The molecule has 23 heavy (non-hydrogen) atoms. The number of para-hydroxylation sites is 2. The number of rotatable bonds is 4. The molecule has 0 bridgehead atoms. The quantitative estimate of drug-likeness (QED) is 0.804. The molecule has 2 aromatic carbocycles. The third-order valence-electron chi connectivity index (χ3n) is 3.62. The number of aromatic nitrogens is 1. The number of anilines is 1. The number of fused-ring (bicyclic) bond motifs is 1. The summed E-state index contributed by atoms with van der Waals surface area (Å²) in [5.74, 6) is -0.229. The normalized spacial score (nSPS) is 12.1. The number of hydrogen-bond acceptors (Lipinski definition) is 4. The predicted octanol–water partition coefficient (Wildman–Crippen LogP) is 2.80. The van der Waals surface area contributed by atoms with Gasteiger partial charge >= 0.3 is 5.76 Å². The molecule has 1 atom stereocenters. The maximum Gasteiger partial charge on any atom is 0.420 e. The summed E-state index contributed by atoms with van der Waals surface area (Å²) in [6.45, 7) is 1.65. The molecule has 0 aliphatic heterocycles. The molecule has 0 saturated carbocycles. The van der Waals surface area contributed by atoms with E-state index in [0.717, 1.165) is 0 Å². The second-order valence-electron chi connectivity index (χ2n) is 5.10. The summed E-state index contributed by atoms with van der Waals surface area (Å²) in [4.78, 5) is 24.5. The lowest BCUT2D eigenvalue weighted by Gasteiger charge is -2.13. The Morgan fingerprint density at radius 2 is 2.00 bits per heavy atom. The Morgan fingerprint density at radius 3 is 2.78 bits per heavy atom. The Hall–Kier alpha value is -3.02. The molecule has 0 fully saturated rings. The van der Waals surface area contributed by atoms with Gasteiger partial charge in [-0.2, -0.15) is 0 Å². The predicted molar refractivity (Wildman–Crippen MR) is 86.8 cm³/mol. The molecule has 0 spiro atoms. The minimum absolute atomic E-state index is 0.313. The second kappa shape index (κ2) is 6.00. The number of benzene rings is 2. The third-order valence-corrected chi connectivity index (χ3v) is 3.62. The van der Waals surface area contributed by atoms with Crippen LogP contribution in [0.4, 0.5) is 5.69 Å². The van der Waals surface area contributed by atoms with Crippen LogP contribution in [0.25, 0.3) is 11.1 Å². The van der Waals surface area contributed by atoms with Crippen molar-refractivity contribution in [1.82, 2.24) is 4.57 Å². The SMILES string of the molecule is COc1cccc(NC(=O)C(C)n2c(=O)oc3ccccc32)c1. The van der Waals surface area contributed by atoms with Crippen LogP contribution in [-0.4, -0.2) is 17.6 Å². The first-order chi connectivity index (χ1) is 11.1. The lowest BCUT2D eigenvalue weighted by molar-refractivity contribution is -0.118. The number of nitrogens with one attached hydrogen (secondary N) is 1. The zero-order valence-corrected chi connectivity index (χ0v) is 12.8. The van der Waals surface area contributed by atoms with Crippen molar-refractivity contribution in [3.05, 3.63) is 59.1 Å². The Labute approximate surface area is 132 Å². The molecule has 118 valence electrons. The van der Waals surface area contributed by atoms with Gasteiger partial charge in [0.15, 0.2) is 5.58 Å². The van der Waals surface area contributed by atoms with Gasteiger partial charge in [0, 0.05) is 11.8 Å². The van der Waals surface area contributed by atoms with Crippen molar-refractivity contribution in [2.45, 2.75) is 13.0 Å². The summed E-state index contributed by atoms with van der Waals surface area (Å²) in [5, 5.41) is 2.78. The number of ether oxygens (including phenoxy) is 1. The van der Waals surface area contributed by atoms with Gasteiger partial charge in [0.1, 0.15) is 11.8 Å². The lowest BCUT2D eigenvalue weighted by Crippen LogP contribution is -2.29. The first kappa shape index (κ1) is 14.9. The summed E-state index contributed by atoms with van der Waals surface area (Å²) in [5.41, 5.74) is 1.64. The van der Waals surface area contributed by atoms with E-state index in [4.69, 9.17) is 9.15 Å². The topological polar surface area (TPSA) is 73.5 Å². The highest BCUT2D eigenvalue weighted by Crippen LogP contribution is 2.20. The molecule has 0 radical (unpaired) electrons. The number of amides is 1. The van der Waals surface area contributed by atoms with Crippen molar-refractivity contribution in [3.63, 3.8) is 0 Å². The maximum atomic E-state index is 12.5. The molecule has 0 aliphatic rings. The monoisotopic (exact) mass is 312 g/mol. The zero-order chi connectivity index (χ0) is 16.4. The molecule has 1 amide bonds. The molecule has 6 nitrogen and oxygen atoms in total. The van der Waals surface area contributed by atoms with E-state index in [1.165, 1.54) is 4.57 Å². The smallest absolute Gasteiger partial charge is 0.420 e. The maximum absolute atomic E-state index is 12.5. The van der Waals surface area contributed by atoms with Gasteiger partial charge in [0.05, 0.1) is 12.6 Å². The highest BCUT2D eigenvalue weighted by atomic mass is 16.5. The molecule has 0 saturated heterocycles. The van der Waals surface area contributed by atoms with Crippen LogP contribution in [-0.2, 0) is 4.79 Å². The van der Waals surface area contributed by atoms with Crippen LogP contribution in [0, 0.1) is 0 Å². The van der Waals surface area contributed by atoms with Crippen LogP contribution in [0.2, 0.25) is 0 Å². The van der Waals surface area contributed by atoms with Gasteiger partial charge in [-0.3, -0.25) is 9.36 Å². The summed E-state index contributed by atoms with van der Waals surface area (Å²) < 4.78 is 11.6. The van der Waals surface area contributed by atoms with Crippen LogP contribution < -0.4 is 15.8 Å². The molecule has 1 heterocycles. The van der Waals surface area contributed by atoms with Gasteiger partial charge in [-0.15, -0.1) is 0 Å². The van der Waals surface area contributed by atoms with Crippen molar-refractivity contribution < 1.29 is 13.9 Å². The molecule has 3 rings (SSSR count). The van der Waals surface area contributed by atoms with Crippen LogP contribution in [0.1, 0.15) is 13.0 Å². The number of carbonyl (C=O) groups is 1. The highest BCUT2D eigenvalue weighted by Gasteiger charge is 2.21. The van der Waals surface area contributed by atoms with Crippen molar-refractivity contribution >= 4 is 22.7 Å². The standard InChI is InChI=1S/C17H16N2O4/c1-11(16(20)18-12-6-5-7-13(10-12)22-2)19-14-8-3-4-9-15(14)23-17(19)21/h3-11H,1-2H3,(H,18,20). The molecule has 1 aromatic heterocycles. The number of hydrogen-bond donors (Lipinski definition) is 1. The Bertz CT molecular complexity index is 910. The average Bonchev–Trinajstić information content (AvgIpc) is 2.90. The van der Waals surface area contributed by atoms with Crippen LogP contribution in [0.3, 0.4) is 0 Å². The molecule has 1 unspecified atom stereocenters. The summed E-state index contributed by atoms with van der Waals surface area (Å²) in [6, 6.07) is 13.3. The van der Waals surface area contributed by atoms with Crippen molar-refractivity contribution in [1.29, 1.82) is 0 Å². The van der Waals surface area contributed by atoms with Gasteiger partial charge in [0.2, 0.25) is 5.91 Å². The van der Waals surface area contributed by atoms with Gasteiger partial charge in [-0.1, -0.05) is 18.2 Å². The lowest BCUT2D eigenvalue weighted by atomic mass is 10.2. The zero-order valence-electron chi connectivity index (χ0n) is 12.8. The molecular formula is C17H16N2O4. The highest BCUT2D eigenvalue weighted by molar-refractivity contribution is 5.94. The Kier molecular flexibility index (Phi) is 3.89. The number of carbonyl (C=O) groups excluding carboxylic acids is 1. The van der Waals surface area contributed by atoms with Crippen molar-refractivity contribution in [3.8, 4) is 5.75 Å². The summed E-state index contributed by atoms with van der Waals surface area (Å²) in [6.07, 6.45) is 0. The van der Waals surface area contributed by atoms with E-state index in [-0.39, 0.29) is 5.91 Å². The Morgan fingerprint density at radius 1 is 1.22 bits per heavy atom. The van der Waals surface area contributed by atoms with Crippen LogP contribution in [0.15, 0.2) is 57.7 Å². The third kappa shape index (κ3) is 2.83. The van der Waals surface area contributed by atoms with E-state index in [9.17, 15) is 9.59 Å². The van der Waals surface area contributed by atoms with E-state index >= 15 is 0 Å². The molecule has 1 N–H and O–H groups in total. The van der Waals surface area contributed by atoms with Crippen LogP contribution in [0.5, 0.6) is 5.75 Å². The minimum Gasteiger partial charge on any atom is -0.497 e. The first-order valence-electron chi connectivity index (χ1n) is 7.15. The molecule has 6 heteroatoms. The van der Waals surface area contributed by atoms with E-state index in [1.54, 1.807) is 62.6 Å². The summed E-state index contributed by atoms with van der Waals surface area (Å²) in [7, 11) is 1.56. The van der Waals surface area contributed by atoms with Crippen LogP contribution >= 0.6 is 0 Å². The van der Waals surface area contributed by atoms with E-state index in [0.29, 0.717) is 22.5 Å². The number of methoxy groups -OCH3 is 1. The second-order valence-corrected chi connectivity index (χ2v) is 5.10. The molecule has 3 aromatic rings. The van der Waals surface area contributed by atoms with Crippen molar-refractivity contribution in [2.24, 2.45) is 0 Å². The minimum atomic E-state index is -0.711. The largest absolute Gasteiger partial charge is 0.497 e. The summed E-state index contributed by atoms with van der Waals surface area (Å²) >= 11 is 0. The first-order valence-corrected chi connectivity index (χ1v) is 7.15. The average molecular weight is 312 g/mol. The Balaban J connectivity index is 1.89. The van der Waals surface area contributed by atoms with E-state index < -0.39 is 11.8 Å². The van der Waals surface area contributed by atoms with Gasteiger partial charge < -0.3 is 14.5 Å². The van der Waals surface area contributed by atoms with Gasteiger partial charge in [-0.25, -0.2) is 4.79 Å². The fourth-order valence-electron chi connectivity index (χ4n) is 2.42. The number of oxazole rings is 1. The molecule has 0 aliphatic carbocycles. The van der Waals surface area contributed by atoms with Crippen molar-refractivity contribution in [2.75, 3.05) is 12.4 Å².